The van der Waals surface area contributed by atoms with Gasteiger partial charge in [-0.2, -0.15) is 0 Å². The Hall–Kier alpha value is -3.30. The van der Waals surface area contributed by atoms with Crippen molar-refractivity contribution in [3.63, 3.8) is 0 Å². The van der Waals surface area contributed by atoms with E-state index >= 15 is 0 Å². The van der Waals surface area contributed by atoms with Gasteiger partial charge in [0.2, 0.25) is 0 Å². The molecule has 2 heterocycles. The lowest BCUT2D eigenvalue weighted by Crippen LogP contribution is -2.44. The molecule has 0 spiro atoms. The molecule has 0 aliphatic carbocycles. The van der Waals surface area contributed by atoms with Gasteiger partial charge in [-0.3, -0.25) is 14.5 Å². The third kappa shape index (κ3) is 5.19. The van der Waals surface area contributed by atoms with Crippen molar-refractivity contribution in [1.82, 2.24) is 25.1 Å². The van der Waals surface area contributed by atoms with E-state index in [2.05, 4.69) is 15.5 Å². The van der Waals surface area contributed by atoms with Gasteiger partial charge < -0.3 is 9.47 Å². The number of likely N-dealkylation sites (tertiary alicyclic amines) is 1. The number of amides is 1. The molecule has 3 rings (SSSR count). The summed E-state index contributed by atoms with van der Waals surface area (Å²) in [6.45, 7) is 2.36. The maximum Gasteiger partial charge on any atom is 0.410 e. The number of carbonyl (C=O) groups excluding carboxylic acids is 3. The van der Waals surface area contributed by atoms with E-state index in [9.17, 15) is 14.4 Å². The van der Waals surface area contributed by atoms with Crippen molar-refractivity contribution in [3.05, 3.63) is 41.7 Å². The standard InChI is InChI=1S/C20H25N5O5/c1-3-29-18(27)12-17(26)15-9-10-25(16(11-15)19-21-22-23-24(19)2)20(28)30-13-14-7-5-4-6-8-14/h4-8,15-16H,3,9-13H2,1-2H3/t15-,16+/m0/s1. The average Bonchev–Trinajstić information content (AvgIpc) is 3.18. The zero-order valence-electron chi connectivity index (χ0n) is 17.1. The Bertz CT molecular complexity index is 885. The lowest BCUT2D eigenvalue weighted by Gasteiger charge is -2.37. The Morgan fingerprint density at radius 1 is 1.17 bits per heavy atom. The summed E-state index contributed by atoms with van der Waals surface area (Å²) in [7, 11) is 1.67. The minimum Gasteiger partial charge on any atom is -0.466 e. The molecule has 0 N–H and O–H groups in total. The summed E-state index contributed by atoms with van der Waals surface area (Å²) in [5.74, 6) is -0.676. The van der Waals surface area contributed by atoms with Crippen LogP contribution in [0, 0.1) is 5.92 Å². The molecule has 10 nitrogen and oxygen atoms in total. The highest BCUT2D eigenvalue weighted by atomic mass is 16.6. The van der Waals surface area contributed by atoms with Crippen molar-refractivity contribution in [2.24, 2.45) is 13.0 Å². The first-order valence-electron chi connectivity index (χ1n) is 9.87. The van der Waals surface area contributed by atoms with Gasteiger partial charge in [0.15, 0.2) is 5.82 Å². The third-order valence-electron chi connectivity index (χ3n) is 5.07. The number of ketones is 1. The van der Waals surface area contributed by atoms with Crippen molar-refractivity contribution in [3.8, 4) is 0 Å². The summed E-state index contributed by atoms with van der Waals surface area (Å²) in [5, 5.41) is 11.5. The second-order valence-electron chi connectivity index (χ2n) is 7.08. The predicted molar refractivity (Wildman–Crippen MR) is 104 cm³/mol. The Kier molecular flexibility index (Phi) is 7.10. The molecule has 1 amide bonds. The first-order chi connectivity index (χ1) is 14.5. The van der Waals surface area contributed by atoms with Crippen LogP contribution in [-0.4, -0.2) is 56.1 Å². The smallest absolute Gasteiger partial charge is 0.410 e. The van der Waals surface area contributed by atoms with E-state index in [1.54, 1.807) is 18.9 Å². The molecule has 1 aromatic carbocycles. The van der Waals surface area contributed by atoms with E-state index < -0.39 is 24.0 Å². The minimum absolute atomic E-state index is 0.144. The SMILES string of the molecule is CCOC(=O)CC(=O)[C@H]1CCN(C(=O)OCc2ccccc2)[C@@H](c2nnnn2C)C1. The van der Waals surface area contributed by atoms with Gasteiger partial charge in [0.1, 0.15) is 18.8 Å². The summed E-state index contributed by atoms with van der Waals surface area (Å²) in [6.07, 6.45) is -0.0307. The molecule has 0 saturated carbocycles. The lowest BCUT2D eigenvalue weighted by molar-refractivity contribution is -0.146. The van der Waals surface area contributed by atoms with Crippen LogP contribution in [0.1, 0.15) is 43.6 Å². The number of hydrogen-bond acceptors (Lipinski definition) is 8. The number of aryl methyl sites for hydroxylation is 1. The first kappa shape index (κ1) is 21.4. The summed E-state index contributed by atoms with van der Waals surface area (Å²) in [4.78, 5) is 38.6. The van der Waals surface area contributed by atoms with E-state index in [1.165, 1.54) is 4.68 Å². The topological polar surface area (TPSA) is 117 Å². The van der Waals surface area contributed by atoms with Crippen LogP contribution in [0.4, 0.5) is 4.79 Å². The number of benzene rings is 1. The largest absolute Gasteiger partial charge is 0.466 e. The number of aromatic nitrogens is 4. The van der Waals surface area contributed by atoms with Crippen LogP contribution in [0.2, 0.25) is 0 Å². The second-order valence-corrected chi connectivity index (χ2v) is 7.08. The number of tetrazole rings is 1. The first-order valence-corrected chi connectivity index (χ1v) is 9.87. The van der Waals surface area contributed by atoms with E-state index in [0.717, 1.165) is 5.56 Å². The third-order valence-corrected chi connectivity index (χ3v) is 5.07. The van der Waals surface area contributed by atoms with E-state index in [4.69, 9.17) is 9.47 Å². The molecule has 1 aliphatic heterocycles. The highest BCUT2D eigenvalue weighted by Gasteiger charge is 2.39. The monoisotopic (exact) mass is 415 g/mol. The lowest BCUT2D eigenvalue weighted by atomic mass is 9.86. The van der Waals surface area contributed by atoms with Crippen molar-refractivity contribution in [1.29, 1.82) is 0 Å². The molecule has 10 heteroatoms. The Labute approximate surface area is 174 Å². The zero-order chi connectivity index (χ0) is 21.5. The molecular formula is C20H25N5O5. The molecule has 0 unspecified atom stereocenters. The maximum atomic E-state index is 12.8. The molecule has 0 bridgehead atoms. The number of hydrogen-bond donors (Lipinski definition) is 0. The maximum absolute atomic E-state index is 12.8. The summed E-state index contributed by atoms with van der Waals surface area (Å²) in [5.41, 5.74) is 0.877. The second kappa shape index (κ2) is 9.95. The summed E-state index contributed by atoms with van der Waals surface area (Å²) < 4.78 is 11.8. The van der Waals surface area contributed by atoms with Crippen LogP contribution in [0.25, 0.3) is 0 Å². The van der Waals surface area contributed by atoms with E-state index in [1.807, 2.05) is 30.3 Å². The van der Waals surface area contributed by atoms with Crippen LogP contribution in [0.5, 0.6) is 0 Å². The summed E-state index contributed by atoms with van der Waals surface area (Å²) in [6, 6.07) is 8.85. The molecule has 1 aromatic heterocycles. The molecule has 30 heavy (non-hydrogen) atoms. The van der Waals surface area contributed by atoms with Gasteiger partial charge in [0.05, 0.1) is 12.6 Å². The van der Waals surface area contributed by atoms with Gasteiger partial charge in [-0.15, -0.1) is 5.10 Å². The highest BCUT2D eigenvalue weighted by Crippen LogP contribution is 2.34. The van der Waals surface area contributed by atoms with Crippen molar-refractivity contribution in [2.75, 3.05) is 13.2 Å². The fraction of sp³-hybridized carbons (Fsp3) is 0.500. The fourth-order valence-corrected chi connectivity index (χ4v) is 3.54. The van der Waals surface area contributed by atoms with E-state index in [-0.39, 0.29) is 25.4 Å². The Morgan fingerprint density at radius 2 is 1.93 bits per heavy atom. The van der Waals surface area contributed by atoms with Crippen LogP contribution >= 0.6 is 0 Å². The minimum atomic E-state index is -0.538. The average molecular weight is 415 g/mol. The number of rotatable bonds is 7. The Morgan fingerprint density at radius 3 is 2.60 bits per heavy atom. The normalized spacial score (nSPS) is 18.7. The van der Waals surface area contributed by atoms with Crippen molar-refractivity contribution < 1.29 is 23.9 Å². The van der Waals surface area contributed by atoms with Crippen LogP contribution < -0.4 is 0 Å². The Balaban J connectivity index is 1.70. The van der Waals surface area contributed by atoms with Gasteiger partial charge in [-0.05, 0) is 35.8 Å². The van der Waals surface area contributed by atoms with Crippen molar-refractivity contribution >= 4 is 17.8 Å². The highest BCUT2D eigenvalue weighted by molar-refractivity contribution is 5.96. The van der Waals surface area contributed by atoms with Gasteiger partial charge in [-0.1, -0.05) is 30.3 Å². The van der Waals surface area contributed by atoms with Gasteiger partial charge in [0.25, 0.3) is 0 Å². The number of nitrogens with zero attached hydrogens (tertiary/aromatic N) is 5. The number of piperidine rings is 1. The molecule has 2 aromatic rings. The quantitative estimate of drug-likeness (QED) is 0.497. The zero-order valence-corrected chi connectivity index (χ0v) is 17.1. The molecule has 160 valence electrons. The van der Waals surface area contributed by atoms with Crippen LogP contribution in [0.15, 0.2) is 30.3 Å². The number of ether oxygens (including phenoxy) is 2. The van der Waals surface area contributed by atoms with Crippen LogP contribution in [-0.2, 0) is 32.7 Å². The molecular weight excluding hydrogens is 390 g/mol. The van der Waals surface area contributed by atoms with E-state index in [0.29, 0.717) is 25.2 Å². The van der Waals surface area contributed by atoms with Gasteiger partial charge >= 0.3 is 12.1 Å². The summed E-state index contributed by atoms with van der Waals surface area (Å²) >= 11 is 0. The molecule has 0 radical (unpaired) electrons. The molecule has 1 saturated heterocycles. The number of Topliss-reactive ketones (excluding diaryl/α,β-unsaturated/α-hetero) is 1. The fourth-order valence-electron chi connectivity index (χ4n) is 3.54. The van der Waals surface area contributed by atoms with Crippen LogP contribution in [0.3, 0.4) is 0 Å². The van der Waals surface area contributed by atoms with Gasteiger partial charge in [-0.25, -0.2) is 9.48 Å². The molecule has 1 fully saturated rings. The molecule has 2 atom stereocenters. The molecule has 1 aliphatic rings. The van der Waals surface area contributed by atoms with Gasteiger partial charge in [0, 0.05) is 19.5 Å². The number of carbonyl (C=O) groups is 3. The number of esters is 1. The predicted octanol–water partition coefficient (Wildman–Crippen LogP) is 1.82. The van der Waals surface area contributed by atoms with Crippen molar-refractivity contribution in [2.45, 2.75) is 38.8 Å².